The SMILES string of the molecule is Nc1nc2c(ncn2[C@@H]2O[C@@H]3COP(=O)(O)O[C@H]4[C@@H](O)[C@H](n5cnc6c(N)ncnc65)O[C@@H]4COP(=O)(O)O[C@H]4[C@@H](O)[C@H](n5cnc6c(N)ncnc65)O[C@@H]4COP(=O)(O)O[C@H]3[C@H]2O)c(=O)[nH]1. The third kappa shape index (κ3) is 8.38. The molecule has 37 heteroatoms. The number of imidazole rings is 3. The molecule has 15 atom stereocenters. The van der Waals surface area contributed by atoms with Crippen molar-refractivity contribution >= 4 is 74.5 Å². The standard InChI is InChI=1S/C30H36N15O19P3/c31-21-12-23(36-4-34-21)43(6-38-12)27-15(46)18-10(60-27)2-57-67(54,55)64-20-11(61-29(17(20)48)45-8-40-14-25(45)41-30(33)42-26(14)49)3-58-66(52,53)63-19-9(1-56-65(50,51)62-18)59-28(16(19)47)44-7-39-13-22(32)35-5-37-24(13)44/h4-11,15-20,27-29,46-48H,1-3H2,(H,50,51)(H,52,53)(H,54,55)(H2,31,34,36)(H2,32,35,37)(H3,33,41,42,49)/t9-,10-,11-,15-,16-,17-,18-,19-,20-,27-,28-,29-/m1/s1. The number of nitrogen functional groups attached to an aromatic ring is 3. The highest BCUT2D eigenvalue weighted by Gasteiger charge is 2.55. The first kappa shape index (κ1) is 45.7. The van der Waals surface area contributed by atoms with Gasteiger partial charge in [0.15, 0.2) is 52.8 Å². The van der Waals surface area contributed by atoms with Crippen molar-refractivity contribution in [3.63, 3.8) is 0 Å². The second-order valence-electron chi connectivity index (χ2n) is 15.1. The largest absolute Gasteiger partial charge is 0.472 e. The van der Waals surface area contributed by atoms with Crippen LogP contribution in [0.5, 0.6) is 0 Å². The Bertz CT molecular complexity index is 3010. The lowest BCUT2D eigenvalue weighted by Gasteiger charge is -2.27. The van der Waals surface area contributed by atoms with Crippen molar-refractivity contribution in [2.45, 2.75) is 73.6 Å². The number of H-pyrrole nitrogens is 1. The molecule has 0 spiro atoms. The Morgan fingerprint density at radius 3 is 1.30 bits per heavy atom. The second kappa shape index (κ2) is 16.9. The summed E-state index contributed by atoms with van der Waals surface area (Å²) in [5.41, 5.74) is 16.5. The number of ether oxygens (including phenoxy) is 3. The van der Waals surface area contributed by atoms with Crippen LogP contribution in [0.4, 0.5) is 17.6 Å². The number of aliphatic hydroxyl groups is 3. The molecular weight excluding hydrogens is 967 g/mol. The molecule has 0 radical (unpaired) electrons. The maximum atomic E-state index is 13.8. The first-order valence-electron chi connectivity index (χ1n) is 19.3. The highest BCUT2D eigenvalue weighted by molar-refractivity contribution is 7.48. The molecule has 4 saturated heterocycles. The third-order valence-electron chi connectivity index (χ3n) is 10.9. The molecule has 3 unspecified atom stereocenters. The molecule has 4 aliphatic heterocycles. The molecule has 0 bridgehead atoms. The zero-order valence-corrected chi connectivity index (χ0v) is 36.1. The lowest BCUT2D eigenvalue weighted by molar-refractivity contribution is -0.0663. The Balaban J connectivity index is 1.01. The van der Waals surface area contributed by atoms with E-state index >= 15 is 0 Å². The fourth-order valence-corrected chi connectivity index (χ4v) is 10.8. The van der Waals surface area contributed by atoms with E-state index in [-0.39, 0.29) is 51.1 Å². The Morgan fingerprint density at radius 1 is 0.552 bits per heavy atom. The molecule has 10 rings (SSSR count). The first-order chi connectivity index (χ1) is 31.8. The smallest absolute Gasteiger partial charge is 0.386 e. The van der Waals surface area contributed by atoms with Gasteiger partial charge in [0, 0.05) is 0 Å². The Morgan fingerprint density at radius 2 is 0.910 bits per heavy atom. The van der Waals surface area contributed by atoms with Gasteiger partial charge in [-0.2, -0.15) is 4.98 Å². The van der Waals surface area contributed by atoms with E-state index in [2.05, 4.69) is 44.9 Å². The monoisotopic (exact) mass is 1000 g/mol. The lowest BCUT2D eigenvalue weighted by atomic mass is 10.1. The predicted octanol–water partition coefficient (Wildman–Crippen LogP) is -3.16. The van der Waals surface area contributed by atoms with Crippen molar-refractivity contribution in [1.82, 2.24) is 58.6 Å². The second-order valence-corrected chi connectivity index (χ2v) is 19.3. The molecule has 6 aromatic heterocycles. The fraction of sp³-hybridized carbons (Fsp3) is 0.500. The average molecular weight is 1000 g/mol. The van der Waals surface area contributed by atoms with Crippen LogP contribution >= 0.6 is 23.5 Å². The molecule has 6 aromatic rings. The minimum absolute atomic E-state index is 0.0201. The molecule has 67 heavy (non-hydrogen) atoms. The van der Waals surface area contributed by atoms with Crippen LogP contribution in [0.15, 0.2) is 36.4 Å². The van der Waals surface area contributed by atoms with Crippen molar-refractivity contribution in [2.24, 2.45) is 0 Å². The number of nitrogens with zero attached hydrogens (tertiary/aromatic N) is 11. The quantitative estimate of drug-likeness (QED) is 0.0782. The number of hydrogen-bond acceptors (Lipinski definition) is 27. The maximum absolute atomic E-state index is 13.8. The lowest BCUT2D eigenvalue weighted by Crippen LogP contribution is -2.39. The Kier molecular flexibility index (Phi) is 11.5. The summed E-state index contributed by atoms with van der Waals surface area (Å²) in [5.74, 6) is -0.477. The number of nitrogens with two attached hydrogens (primary N) is 3. The van der Waals surface area contributed by atoms with Crippen LogP contribution in [0.2, 0.25) is 0 Å². The molecule has 34 nitrogen and oxygen atoms in total. The van der Waals surface area contributed by atoms with Gasteiger partial charge >= 0.3 is 23.5 Å². The van der Waals surface area contributed by atoms with Gasteiger partial charge in [-0.3, -0.25) is 50.6 Å². The topological polar surface area (TPSA) is 484 Å². The summed E-state index contributed by atoms with van der Waals surface area (Å²) >= 11 is 0. The zero-order valence-electron chi connectivity index (χ0n) is 33.4. The molecule has 360 valence electrons. The predicted molar refractivity (Wildman–Crippen MR) is 214 cm³/mol. The van der Waals surface area contributed by atoms with Crippen molar-refractivity contribution in [3.8, 4) is 0 Å². The first-order valence-corrected chi connectivity index (χ1v) is 23.8. The maximum Gasteiger partial charge on any atom is 0.472 e. The Labute approximate surface area is 370 Å². The van der Waals surface area contributed by atoms with Crippen LogP contribution in [0.25, 0.3) is 33.5 Å². The third-order valence-corrected chi connectivity index (χ3v) is 13.9. The number of rotatable bonds is 3. The molecule has 0 aliphatic carbocycles. The van der Waals surface area contributed by atoms with Gasteiger partial charge in [0.1, 0.15) is 78.6 Å². The fourth-order valence-electron chi connectivity index (χ4n) is 7.94. The zero-order chi connectivity index (χ0) is 47.3. The van der Waals surface area contributed by atoms with Gasteiger partial charge in [-0.25, -0.2) is 48.6 Å². The van der Waals surface area contributed by atoms with Crippen LogP contribution in [-0.4, -0.2) is 163 Å². The van der Waals surface area contributed by atoms with E-state index in [0.29, 0.717) is 0 Å². The molecule has 13 N–H and O–H groups in total. The number of aromatic nitrogens is 12. The summed E-state index contributed by atoms with van der Waals surface area (Å²) in [6, 6.07) is 0. The number of fused-ring (bicyclic) bond motifs is 6. The van der Waals surface area contributed by atoms with Crippen LogP contribution in [0.3, 0.4) is 0 Å². The number of aromatic amines is 1. The number of hydrogen-bond donors (Lipinski definition) is 10. The molecule has 0 saturated carbocycles. The van der Waals surface area contributed by atoms with Gasteiger partial charge in [-0.05, 0) is 0 Å². The van der Waals surface area contributed by atoms with E-state index in [9.17, 15) is 48.5 Å². The van der Waals surface area contributed by atoms with E-state index in [1.165, 1.54) is 0 Å². The molecule has 0 amide bonds. The van der Waals surface area contributed by atoms with Crippen molar-refractivity contribution in [2.75, 3.05) is 37.0 Å². The van der Waals surface area contributed by atoms with Crippen molar-refractivity contribution in [3.05, 3.63) is 42.0 Å². The number of aliphatic hydroxyl groups excluding tert-OH is 3. The molecule has 4 aliphatic rings. The Hall–Kier alpha value is -5.06. The number of phosphoric acid groups is 3. The minimum Gasteiger partial charge on any atom is -0.386 e. The van der Waals surface area contributed by atoms with Crippen LogP contribution in [0, 0.1) is 0 Å². The summed E-state index contributed by atoms with van der Waals surface area (Å²) in [6.45, 7) is -3.19. The van der Waals surface area contributed by atoms with Crippen LogP contribution < -0.4 is 22.8 Å². The van der Waals surface area contributed by atoms with Crippen LogP contribution in [-0.2, 0) is 55.0 Å². The highest BCUT2D eigenvalue weighted by Crippen LogP contribution is 2.55. The number of anilines is 3. The number of nitrogens with one attached hydrogen (secondary N) is 1. The highest BCUT2D eigenvalue weighted by atomic mass is 31.2. The van der Waals surface area contributed by atoms with Crippen molar-refractivity contribution < 1.29 is 85.0 Å². The van der Waals surface area contributed by atoms with Gasteiger partial charge < -0.3 is 61.4 Å². The van der Waals surface area contributed by atoms with E-state index < -0.39 is 122 Å². The van der Waals surface area contributed by atoms with E-state index in [0.717, 1.165) is 45.3 Å². The van der Waals surface area contributed by atoms with E-state index in [4.69, 9.17) is 58.6 Å². The van der Waals surface area contributed by atoms with Gasteiger partial charge in [0.2, 0.25) is 5.95 Å². The summed E-state index contributed by atoms with van der Waals surface area (Å²) in [5, 5.41) is 34.9. The number of phosphoric ester groups is 3. The average Bonchev–Trinajstić information content (AvgIpc) is 4.13. The molecule has 0 aromatic carbocycles. The summed E-state index contributed by atoms with van der Waals surface area (Å²) < 4.78 is 94.4. The molecular formula is C30H36N15O19P3. The van der Waals surface area contributed by atoms with E-state index in [1.807, 2.05) is 0 Å². The summed E-state index contributed by atoms with van der Waals surface area (Å²) in [6.07, 6.45) is -16.5. The van der Waals surface area contributed by atoms with Gasteiger partial charge in [-0.15, -0.1) is 0 Å². The summed E-state index contributed by atoms with van der Waals surface area (Å²) in [7, 11) is -16.4. The van der Waals surface area contributed by atoms with Gasteiger partial charge in [0.05, 0.1) is 38.8 Å². The van der Waals surface area contributed by atoms with Crippen molar-refractivity contribution in [1.29, 1.82) is 0 Å². The van der Waals surface area contributed by atoms with E-state index in [1.54, 1.807) is 0 Å². The normalized spacial score (nSPS) is 37.9. The van der Waals surface area contributed by atoms with Gasteiger partial charge in [-0.1, -0.05) is 0 Å². The molecule has 10 heterocycles. The van der Waals surface area contributed by atoms with Gasteiger partial charge in [0.25, 0.3) is 5.56 Å². The van der Waals surface area contributed by atoms with Crippen LogP contribution in [0.1, 0.15) is 18.7 Å². The molecule has 4 fully saturated rings. The minimum atomic E-state index is -5.49. The summed E-state index contributed by atoms with van der Waals surface area (Å²) in [4.78, 5) is 80.3.